The van der Waals surface area contributed by atoms with Crippen LogP contribution in [-0.4, -0.2) is 6.61 Å². The fourth-order valence-electron chi connectivity index (χ4n) is 1.32. The summed E-state index contributed by atoms with van der Waals surface area (Å²) in [6, 6.07) is 3.75. The highest BCUT2D eigenvalue weighted by atomic mass is 35.5. The molecule has 2 rings (SSSR count). The molecule has 1 aromatic heterocycles. The van der Waals surface area contributed by atoms with Crippen LogP contribution in [0, 0.1) is 0 Å². The highest BCUT2D eigenvalue weighted by Gasteiger charge is 2.09. The summed E-state index contributed by atoms with van der Waals surface area (Å²) in [5.41, 5.74) is 6.32. The number of benzene rings is 1. The molecule has 0 radical (unpaired) electrons. The van der Waals surface area contributed by atoms with Crippen LogP contribution in [0.15, 0.2) is 17.5 Å². The maximum atomic E-state index is 6.07. The third kappa shape index (κ3) is 1.42. The maximum Gasteiger partial charge on any atom is 0.137 e. The Hall–Kier alpha value is -0.930. The van der Waals surface area contributed by atoms with Gasteiger partial charge in [0.2, 0.25) is 0 Å². The molecule has 14 heavy (non-hydrogen) atoms. The molecule has 2 nitrogen and oxygen atoms in total. The van der Waals surface area contributed by atoms with Crippen LogP contribution >= 0.6 is 22.9 Å². The van der Waals surface area contributed by atoms with Gasteiger partial charge in [0.25, 0.3) is 0 Å². The summed E-state index contributed by atoms with van der Waals surface area (Å²) in [5.74, 6) is 0.884. The number of nitrogens with two attached hydrogens (primary N) is 1. The molecule has 1 aromatic carbocycles. The van der Waals surface area contributed by atoms with Crippen molar-refractivity contribution in [1.82, 2.24) is 0 Å². The van der Waals surface area contributed by atoms with E-state index in [2.05, 4.69) is 0 Å². The number of thiophene rings is 1. The lowest BCUT2D eigenvalue weighted by atomic mass is 10.2. The molecule has 4 heteroatoms. The second-order valence-corrected chi connectivity index (χ2v) is 4.14. The van der Waals surface area contributed by atoms with Crippen LogP contribution in [0.1, 0.15) is 6.92 Å². The lowest BCUT2D eigenvalue weighted by Gasteiger charge is -2.02. The van der Waals surface area contributed by atoms with Crippen molar-refractivity contribution < 1.29 is 4.74 Å². The van der Waals surface area contributed by atoms with Crippen molar-refractivity contribution in [2.45, 2.75) is 6.92 Å². The topological polar surface area (TPSA) is 35.2 Å². The first-order valence-electron chi connectivity index (χ1n) is 4.32. The van der Waals surface area contributed by atoms with Gasteiger partial charge in [0.15, 0.2) is 0 Å². The number of rotatable bonds is 2. The van der Waals surface area contributed by atoms with Gasteiger partial charge in [-0.05, 0) is 19.1 Å². The Balaban J connectivity index is 2.64. The summed E-state index contributed by atoms with van der Waals surface area (Å²) in [6.07, 6.45) is 0. The summed E-state index contributed by atoms with van der Waals surface area (Å²) < 4.78 is 6.46. The van der Waals surface area contributed by atoms with Gasteiger partial charge >= 0.3 is 0 Å². The maximum absolute atomic E-state index is 6.07. The Labute approximate surface area is 91.2 Å². The number of fused-ring (bicyclic) bond motifs is 1. The van der Waals surface area contributed by atoms with Crippen molar-refractivity contribution in [3.8, 4) is 5.75 Å². The third-order valence-corrected chi connectivity index (χ3v) is 3.49. The predicted octanol–water partition coefficient (Wildman–Crippen LogP) is 3.54. The normalized spacial score (nSPS) is 10.7. The number of hydrogen-bond acceptors (Lipinski definition) is 3. The van der Waals surface area contributed by atoms with Gasteiger partial charge in [-0.2, -0.15) is 0 Å². The van der Waals surface area contributed by atoms with E-state index in [0.29, 0.717) is 17.3 Å². The van der Waals surface area contributed by atoms with Gasteiger partial charge in [0, 0.05) is 10.8 Å². The minimum absolute atomic E-state index is 0.615. The zero-order valence-corrected chi connectivity index (χ0v) is 9.28. The molecular weight excluding hydrogens is 218 g/mol. The zero-order valence-electron chi connectivity index (χ0n) is 7.71. The van der Waals surface area contributed by atoms with E-state index in [9.17, 15) is 0 Å². The first kappa shape index (κ1) is 9.62. The van der Waals surface area contributed by atoms with E-state index in [4.69, 9.17) is 22.1 Å². The van der Waals surface area contributed by atoms with Crippen LogP contribution < -0.4 is 10.5 Å². The average molecular weight is 228 g/mol. The molecule has 0 amide bonds. The van der Waals surface area contributed by atoms with E-state index in [0.717, 1.165) is 15.8 Å². The predicted molar refractivity (Wildman–Crippen MR) is 62.4 cm³/mol. The van der Waals surface area contributed by atoms with Crippen molar-refractivity contribution in [3.05, 3.63) is 22.5 Å². The minimum atomic E-state index is 0.615. The van der Waals surface area contributed by atoms with E-state index in [1.807, 2.05) is 18.4 Å². The Morgan fingerprint density at radius 1 is 1.50 bits per heavy atom. The van der Waals surface area contributed by atoms with E-state index < -0.39 is 0 Å². The van der Waals surface area contributed by atoms with Crippen LogP contribution in [0.5, 0.6) is 5.75 Å². The van der Waals surface area contributed by atoms with Crippen LogP contribution in [-0.2, 0) is 0 Å². The van der Waals surface area contributed by atoms with Crippen molar-refractivity contribution in [3.63, 3.8) is 0 Å². The van der Waals surface area contributed by atoms with E-state index in [-0.39, 0.29) is 0 Å². The summed E-state index contributed by atoms with van der Waals surface area (Å²) >= 11 is 7.63. The molecule has 0 aliphatic heterocycles. The largest absolute Gasteiger partial charge is 0.492 e. The second-order valence-electron chi connectivity index (χ2n) is 2.88. The number of ether oxygens (including phenoxy) is 1. The molecule has 74 valence electrons. The van der Waals surface area contributed by atoms with Crippen LogP contribution in [0.2, 0.25) is 5.02 Å². The van der Waals surface area contributed by atoms with Gasteiger partial charge in [-0.15, -0.1) is 11.3 Å². The van der Waals surface area contributed by atoms with E-state index in [1.54, 1.807) is 17.4 Å². The molecule has 0 spiro atoms. The van der Waals surface area contributed by atoms with Crippen molar-refractivity contribution in [1.29, 1.82) is 0 Å². The smallest absolute Gasteiger partial charge is 0.137 e. The molecule has 0 aliphatic carbocycles. The molecule has 1 heterocycles. The average Bonchev–Trinajstić information content (AvgIpc) is 2.57. The molecule has 0 bridgehead atoms. The van der Waals surface area contributed by atoms with Crippen LogP contribution in [0.25, 0.3) is 10.1 Å². The lowest BCUT2D eigenvalue weighted by Crippen LogP contribution is -1.90. The molecule has 2 N–H and O–H groups in total. The standard InChI is InChI=1S/C10H10ClNOS/c1-2-13-8-5-14-10-6(8)3-4-7(12)9(10)11/h3-5H,2,12H2,1H3. The highest BCUT2D eigenvalue weighted by Crippen LogP contribution is 2.39. The molecular formula is C10H10ClNOS. The number of nitrogen functional groups attached to an aromatic ring is 1. The monoisotopic (exact) mass is 227 g/mol. The lowest BCUT2D eigenvalue weighted by molar-refractivity contribution is 0.345. The summed E-state index contributed by atoms with van der Waals surface area (Å²) in [6.45, 7) is 2.62. The van der Waals surface area contributed by atoms with Crippen molar-refractivity contribution in [2.24, 2.45) is 0 Å². The molecule has 0 saturated carbocycles. The van der Waals surface area contributed by atoms with Crippen LogP contribution in [0.3, 0.4) is 0 Å². The van der Waals surface area contributed by atoms with Gasteiger partial charge in [0.05, 0.1) is 22.0 Å². The Bertz CT molecular complexity index is 466. The van der Waals surface area contributed by atoms with E-state index >= 15 is 0 Å². The molecule has 0 unspecified atom stereocenters. The van der Waals surface area contributed by atoms with Gasteiger partial charge in [-0.25, -0.2) is 0 Å². The van der Waals surface area contributed by atoms with E-state index in [1.165, 1.54) is 0 Å². The molecule has 0 aliphatic rings. The third-order valence-electron chi connectivity index (χ3n) is 1.98. The first-order valence-corrected chi connectivity index (χ1v) is 5.57. The van der Waals surface area contributed by atoms with Crippen molar-refractivity contribution >= 4 is 38.7 Å². The van der Waals surface area contributed by atoms with Gasteiger partial charge in [0.1, 0.15) is 5.75 Å². The highest BCUT2D eigenvalue weighted by molar-refractivity contribution is 7.18. The Morgan fingerprint density at radius 2 is 2.29 bits per heavy atom. The first-order chi connectivity index (χ1) is 6.74. The summed E-state index contributed by atoms with van der Waals surface area (Å²) in [7, 11) is 0. The fraction of sp³-hybridized carbons (Fsp3) is 0.200. The number of halogens is 1. The summed E-state index contributed by atoms with van der Waals surface area (Å²) in [5, 5.41) is 3.62. The van der Waals surface area contributed by atoms with Gasteiger partial charge in [-0.1, -0.05) is 11.6 Å². The number of hydrogen-bond donors (Lipinski definition) is 1. The van der Waals surface area contributed by atoms with Crippen LogP contribution in [0.4, 0.5) is 5.69 Å². The fourth-order valence-corrected chi connectivity index (χ4v) is 2.56. The second kappa shape index (κ2) is 3.67. The Kier molecular flexibility index (Phi) is 2.52. The quantitative estimate of drug-likeness (QED) is 0.797. The van der Waals surface area contributed by atoms with Crippen molar-refractivity contribution in [2.75, 3.05) is 12.3 Å². The number of anilines is 1. The Morgan fingerprint density at radius 3 is 3.00 bits per heavy atom. The van der Waals surface area contributed by atoms with Gasteiger partial charge < -0.3 is 10.5 Å². The molecule has 0 fully saturated rings. The molecule has 2 aromatic rings. The SMILES string of the molecule is CCOc1csc2c(Cl)c(N)ccc12. The molecule has 0 atom stereocenters. The molecule has 0 saturated heterocycles. The zero-order chi connectivity index (χ0) is 10.1. The van der Waals surface area contributed by atoms with Gasteiger partial charge in [-0.3, -0.25) is 0 Å². The summed E-state index contributed by atoms with van der Waals surface area (Å²) in [4.78, 5) is 0. The minimum Gasteiger partial charge on any atom is -0.492 e.